The first-order valence-corrected chi connectivity index (χ1v) is 7.14. The second-order valence-electron chi connectivity index (χ2n) is 5.86. The zero-order valence-electron chi connectivity index (χ0n) is 10.4. The van der Waals surface area contributed by atoms with E-state index in [0.717, 1.165) is 30.2 Å². The molecule has 16 heavy (non-hydrogen) atoms. The van der Waals surface area contributed by atoms with E-state index in [4.69, 9.17) is 4.99 Å². The molecular weight excluding hydrogens is 196 g/mol. The third-order valence-electron chi connectivity index (χ3n) is 4.97. The van der Waals surface area contributed by atoms with Gasteiger partial charge in [-0.2, -0.15) is 0 Å². The maximum Gasteiger partial charge on any atom is 0.0389 e. The van der Waals surface area contributed by atoms with Crippen LogP contribution in [0.4, 0.5) is 0 Å². The van der Waals surface area contributed by atoms with Crippen molar-refractivity contribution < 1.29 is 0 Å². The van der Waals surface area contributed by atoms with Crippen LogP contribution in [0.5, 0.6) is 0 Å². The fourth-order valence-electron chi connectivity index (χ4n) is 4.29. The van der Waals surface area contributed by atoms with E-state index in [-0.39, 0.29) is 0 Å². The molecule has 0 aromatic heterocycles. The van der Waals surface area contributed by atoms with Crippen molar-refractivity contribution in [1.29, 1.82) is 0 Å². The molecule has 1 aliphatic carbocycles. The van der Waals surface area contributed by atoms with E-state index < -0.39 is 0 Å². The second kappa shape index (κ2) is 4.48. The van der Waals surface area contributed by atoms with Gasteiger partial charge in [-0.25, -0.2) is 0 Å². The normalized spacial score (nSPS) is 42.4. The Morgan fingerprint density at radius 3 is 3.19 bits per heavy atom. The smallest absolute Gasteiger partial charge is 0.0389 e. The number of aliphatic imine (C=N–C) groups is 1. The highest BCUT2D eigenvalue weighted by Gasteiger charge is 2.44. The molecule has 2 fully saturated rings. The van der Waals surface area contributed by atoms with Crippen LogP contribution in [0.25, 0.3) is 0 Å². The molecule has 0 radical (unpaired) electrons. The zero-order valence-corrected chi connectivity index (χ0v) is 10.4. The first kappa shape index (κ1) is 10.8. The molecule has 0 bridgehead atoms. The average Bonchev–Trinajstić information content (AvgIpc) is 2.77. The lowest BCUT2D eigenvalue weighted by Crippen LogP contribution is -2.41. The highest BCUT2D eigenvalue weighted by Crippen LogP contribution is 2.44. The van der Waals surface area contributed by atoms with Crippen molar-refractivity contribution in [3.8, 4) is 0 Å². The van der Waals surface area contributed by atoms with Crippen LogP contribution in [0.1, 0.15) is 39.0 Å². The Kier molecular flexibility index (Phi) is 3.01. The van der Waals surface area contributed by atoms with Crippen LogP contribution in [-0.4, -0.2) is 25.3 Å². The van der Waals surface area contributed by atoms with Crippen LogP contribution in [0, 0.1) is 23.7 Å². The van der Waals surface area contributed by atoms with Gasteiger partial charge in [0.25, 0.3) is 0 Å². The summed E-state index contributed by atoms with van der Waals surface area (Å²) in [6, 6.07) is 0. The predicted octanol–water partition coefficient (Wildman–Crippen LogP) is 2.49. The molecule has 2 heteroatoms. The Morgan fingerprint density at radius 2 is 2.31 bits per heavy atom. The molecule has 2 unspecified atom stereocenters. The molecule has 0 spiro atoms. The Morgan fingerprint density at radius 1 is 1.38 bits per heavy atom. The van der Waals surface area contributed by atoms with Gasteiger partial charge in [-0.05, 0) is 56.5 Å². The Balaban J connectivity index is 1.84. The number of nitrogens with one attached hydrogen (secondary N) is 1. The lowest BCUT2D eigenvalue weighted by Gasteiger charge is -2.42. The van der Waals surface area contributed by atoms with E-state index >= 15 is 0 Å². The summed E-state index contributed by atoms with van der Waals surface area (Å²) >= 11 is 0. The standard InChI is InChI=1S/C14H24N2/c1-2-4-11-12-5-3-6-16-14(12)7-10-8-15-9-13(10)11/h10-13,15H,2-9H2,1H3/t10-,11?,12?,13-/m1/s1. The summed E-state index contributed by atoms with van der Waals surface area (Å²) < 4.78 is 0. The van der Waals surface area contributed by atoms with Gasteiger partial charge in [0, 0.05) is 18.2 Å². The van der Waals surface area contributed by atoms with Crippen LogP contribution in [0.15, 0.2) is 4.99 Å². The van der Waals surface area contributed by atoms with Gasteiger partial charge < -0.3 is 5.32 Å². The highest BCUT2D eigenvalue weighted by molar-refractivity contribution is 5.88. The summed E-state index contributed by atoms with van der Waals surface area (Å²) in [6.45, 7) is 5.97. The lowest BCUT2D eigenvalue weighted by atomic mass is 9.63. The zero-order chi connectivity index (χ0) is 11.0. The second-order valence-corrected chi connectivity index (χ2v) is 5.86. The van der Waals surface area contributed by atoms with Gasteiger partial charge in [-0.3, -0.25) is 4.99 Å². The molecule has 1 N–H and O–H groups in total. The number of rotatable bonds is 2. The van der Waals surface area contributed by atoms with Gasteiger partial charge >= 0.3 is 0 Å². The molecule has 2 heterocycles. The fraction of sp³-hybridized carbons (Fsp3) is 0.929. The molecule has 2 aliphatic heterocycles. The Bertz CT molecular complexity index is 284. The van der Waals surface area contributed by atoms with Crippen molar-refractivity contribution in [3.63, 3.8) is 0 Å². The van der Waals surface area contributed by atoms with Crippen LogP contribution in [0.2, 0.25) is 0 Å². The van der Waals surface area contributed by atoms with Crippen molar-refractivity contribution in [2.75, 3.05) is 19.6 Å². The summed E-state index contributed by atoms with van der Waals surface area (Å²) in [5.74, 6) is 3.67. The van der Waals surface area contributed by atoms with E-state index in [1.54, 1.807) is 5.71 Å². The monoisotopic (exact) mass is 220 g/mol. The van der Waals surface area contributed by atoms with E-state index in [9.17, 15) is 0 Å². The van der Waals surface area contributed by atoms with E-state index in [1.165, 1.54) is 45.2 Å². The molecule has 90 valence electrons. The Hall–Kier alpha value is -0.370. The van der Waals surface area contributed by atoms with Crippen LogP contribution in [-0.2, 0) is 0 Å². The first-order valence-electron chi connectivity index (χ1n) is 7.14. The van der Waals surface area contributed by atoms with Gasteiger partial charge in [-0.15, -0.1) is 0 Å². The van der Waals surface area contributed by atoms with Gasteiger partial charge in [0.1, 0.15) is 0 Å². The number of fused-ring (bicyclic) bond motifs is 2. The molecule has 0 aromatic rings. The quantitative estimate of drug-likeness (QED) is 0.759. The minimum absolute atomic E-state index is 0.856. The Labute approximate surface area is 98.9 Å². The van der Waals surface area contributed by atoms with E-state index in [2.05, 4.69) is 12.2 Å². The van der Waals surface area contributed by atoms with Crippen molar-refractivity contribution in [2.24, 2.45) is 28.7 Å². The minimum Gasteiger partial charge on any atom is -0.316 e. The van der Waals surface area contributed by atoms with Crippen molar-refractivity contribution >= 4 is 5.71 Å². The van der Waals surface area contributed by atoms with E-state index in [1.807, 2.05) is 0 Å². The molecule has 3 aliphatic rings. The van der Waals surface area contributed by atoms with Gasteiger partial charge in [0.15, 0.2) is 0 Å². The summed E-state index contributed by atoms with van der Waals surface area (Å²) in [7, 11) is 0. The highest BCUT2D eigenvalue weighted by atomic mass is 14.9. The minimum atomic E-state index is 0.856. The molecule has 0 amide bonds. The van der Waals surface area contributed by atoms with Crippen LogP contribution >= 0.6 is 0 Å². The number of hydrogen-bond donors (Lipinski definition) is 1. The largest absolute Gasteiger partial charge is 0.316 e. The fourth-order valence-corrected chi connectivity index (χ4v) is 4.29. The molecule has 1 saturated heterocycles. The molecule has 1 saturated carbocycles. The van der Waals surface area contributed by atoms with Gasteiger partial charge in [-0.1, -0.05) is 13.3 Å². The first-order chi connectivity index (χ1) is 7.90. The maximum atomic E-state index is 4.83. The third-order valence-corrected chi connectivity index (χ3v) is 4.97. The molecule has 4 atom stereocenters. The lowest BCUT2D eigenvalue weighted by molar-refractivity contribution is 0.183. The van der Waals surface area contributed by atoms with E-state index in [0.29, 0.717) is 0 Å². The maximum absolute atomic E-state index is 4.83. The van der Waals surface area contributed by atoms with Crippen molar-refractivity contribution in [1.82, 2.24) is 5.32 Å². The molecule has 0 aromatic carbocycles. The number of nitrogens with zero attached hydrogens (tertiary/aromatic N) is 1. The summed E-state index contributed by atoms with van der Waals surface area (Å²) in [5, 5.41) is 3.61. The summed E-state index contributed by atoms with van der Waals surface area (Å²) in [6.07, 6.45) is 6.83. The van der Waals surface area contributed by atoms with Gasteiger partial charge in [0.2, 0.25) is 0 Å². The van der Waals surface area contributed by atoms with Crippen LogP contribution < -0.4 is 5.32 Å². The average molecular weight is 220 g/mol. The molecule has 2 nitrogen and oxygen atoms in total. The SMILES string of the molecule is CCCC1C2CCCN=C2C[C@@H]2CNC[C@@H]12. The van der Waals surface area contributed by atoms with Crippen molar-refractivity contribution in [2.45, 2.75) is 39.0 Å². The molecule has 3 rings (SSSR count). The van der Waals surface area contributed by atoms with Crippen molar-refractivity contribution in [3.05, 3.63) is 0 Å². The third kappa shape index (κ3) is 1.71. The summed E-state index contributed by atoms with van der Waals surface area (Å²) in [5.41, 5.74) is 1.59. The van der Waals surface area contributed by atoms with Gasteiger partial charge in [0.05, 0.1) is 0 Å². The number of hydrogen-bond acceptors (Lipinski definition) is 2. The summed E-state index contributed by atoms with van der Waals surface area (Å²) in [4.78, 5) is 4.83. The predicted molar refractivity (Wildman–Crippen MR) is 67.9 cm³/mol. The topological polar surface area (TPSA) is 24.4 Å². The molecular formula is C14H24N2. The van der Waals surface area contributed by atoms with Crippen LogP contribution in [0.3, 0.4) is 0 Å².